The molecule has 0 atom stereocenters. The number of aliphatic hydroxyl groups excluding tert-OH is 1. The van der Waals surface area contributed by atoms with Gasteiger partial charge in [-0.1, -0.05) is 0 Å². The summed E-state index contributed by atoms with van der Waals surface area (Å²) in [6, 6.07) is 0. The smallest absolute Gasteiger partial charge is 0.411 e. The van der Waals surface area contributed by atoms with Crippen LogP contribution in [0.2, 0.25) is 0 Å². The van der Waals surface area contributed by atoms with E-state index in [9.17, 15) is 13.2 Å². The van der Waals surface area contributed by atoms with Gasteiger partial charge in [-0.25, -0.2) is 0 Å². The minimum atomic E-state index is -4.40. The lowest BCUT2D eigenvalue weighted by Crippen LogP contribution is -2.12. The van der Waals surface area contributed by atoms with E-state index >= 15 is 0 Å². The molecule has 0 aromatic carbocycles. The number of hydrogen-bond donors (Lipinski definition) is 1. The fourth-order valence-electron chi connectivity index (χ4n) is 0. The Morgan fingerprint density at radius 2 is 1.43 bits per heavy atom. The Bertz CT molecular complexity index is 40.7. The molecule has 0 amide bonds. The lowest BCUT2D eigenvalue weighted by atomic mass is 10.7. The van der Waals surface area contributed by atoms with E-state index in [1.165, 1.54) is 0 Å². The van der Waals surface area contributed by atoms with Crippen molar-refractivity contribution in [3.63, 3.8) is 0 Å². The second kappa shape index (κ2) is 2.81. The zero-order valence-corrected chi connectivity index (χ0v) is 3.29. The highest BCUT2D eigenvalue weighted by molar-refractivity contribution is 4.39. The minimum absolute atomic E-state index is 0. The number of hydrogen-bond acceptors (Lipinski definition) is 1. The first-order chi connectivity index (χ1) is 2.56. The molecule has 0 aromatic rings. The monoisotopic (exact) mass is 118 g/mol. The third-order valence-corrected chi connectivity index (χ3v) is 0.179. The molecule has 5 heteroatoms. The molecule has 3 N–H and O–H groups in total. The van der Waals surface area contributed by atoms with Crippen LogP contribution in [0.15, 0.2) is 0 Å². The first-order valence-electron chi connectivity index (χ1n) is 1.24. The highest BCUT2D eigenvalue weighted by Crippen LogP contribution is 2.11. The van der Waals surface area contributed by atoms with Crippen molar-refractivity contribution < 1.29 is 23.8 Å². The molecule has 0 aliphatic carbocycles. The van der Waals surface area contributed by atoms with Crippen LogP contribution in [0.3, 0.4) is 0 Å². The zero-order valence-electron chi connectivity index (χ0n) is 3.29. The van der Waals surface area contributed by atoms with Gasteiger partial charge >= 0.3 is 6.18 Å². The molecule has 0 aliphatic rings. The van der Waals surface area contributed by atoms with Crippen molar-refractivity contribution in [1.29, 1.82) is 0 Å². The van der Waals surface area contributed by atoms with Crippen LogP contribution in [0.25, 0.3) is 0 Å². The highest BCUT2D eigenvalue weighted by atomic mass is 19.4. The molecule has 46 valence electrons. The average molecular weight is 118 g/mol. The molecule has 2 nitrogen and oxygen atoms in total. The first-order valence-corrected chi connectivity index (χ1v) is 1.24. The molecule has 0 bridgehead atoms. The van der Waals surface area contributed by atoms with Crippen LogP contribution in [0, 0.1) is 0 Å². The third kappa shape index (κ3) is 10.7. The molecule has 0 spiro atoms. The van der Waals surface area contributed by atoms with Gasteiger partial charge in [0.05, 0.1) is 0 Å². The van der Waals surface area contributed by atoms with E-state index in [1.54, 1.807) is 0 Å². The summed E-state index contributed by atoms with van der Waals surface area (Å²) in [7, 11) is 0. The normalized spacial score (nSPS) is 10.3. The summed E-state index contributed by atoms with van der Waals surface area (Å²) >= 11 is 0. The van der Waals surface area contributed by atoms with E-state index in [4.69, 9.17) is 5.11 Å². The van der Waals surface area contributed by atoms with Gasteiger partial charge in [-0.15, -0.1) is 0 Å². The molecular weight excluding hydrogens is 113 g/mol. The van der Waals surface area contributed by atoms with Crippen molar-refractivity contribution >= 4 is 0 Å². The van der Waals surface area contributed by atoms with Gasteiger partial charge in [0.1, 0.15) is 6.61 Å². The van der Waals surface area contributed by atoms with Gasteiger partial charge in [-0.05, 0) is 0 Å². The highest BCUT2D eigenvalue weighted by Gasteiger charge is 2.24. The molecule has 0 heterocycles. The van der Waals surface area contributed by atoms with Gasteiger partial charge in [0, 0.05) is 0 Å². The van der Waals surface area contributed by atoms with Crippen LogP contribution in [0.5, 0.6) is 0 Å². The van der Waals surface area contributed by atoms with Gasteiger partial charge in [-0.3, -0.25) is 0 Å². The molecule has 0 unspecified atom stereocenters. The van der Waals surface area contributed by atoms with Gasteiger partial charge in [-0.2, -0.15) is 13.2 Å². The molecule has 0 aliphatic heterocycles. The van der Waals surface area contributed by atoms with E-state index in [0.717, 1.165) is 0 Å². The van der Waals surface area contributed by atoms with Crippen molar-refractivity contribution in [2.24, 2.45) is 0 Å². The molecule has 0 saturated heterocycles. The molecule has 0 radical (unpaired) electrons. The summed E-state index contributed by atoms with van der Waals surface area (Å²) in [4.78, 5) is 0. The van der Waals surface area contributed by atoms with E-state index in [0.29, 0.717) is 0 Å². The molecule has 0 fully saturated rings. The van der Waals surface area contributed by atoms with Crippen molar-refractivity contribution in [3.05, 3.63) is 0 Å². The lowest BCUT2D eigenvalue weighted by molar-refractivity contribution is -0.159. The number of rotatable bonds is 0. The van der Waals surface area contributed by atoms with Crippen LogP contribution in [0.1, 0.15) is 0 Å². The number of aliphatic hydroxyl groups is 1. The van der Waals surface area contributed by atoms with E-state index in [2.05, 4.69) is 0 Å². The Morgan fingerprint density at radius 3 is 1.43 bits per heavy atom. The Morgan fingerprint density at radius 1 is 1.29 bits per heavy atom. The Kier molecular flexibility index (Phi) is 3.96. The van der Waals surface area contributed by atoms with E-state index in [1.807, 2.05) is 0 Å². The Balaban J connectivity index is 0. The van der Waals surface area contributed by atoms with E-state index in [-0.39, 0.29) is 5.48 Å². The first kappa shape index (κ1) is 9.86. The van der Waals surface area contributed by atoms with Gasteiger partial charge in [0.25, 0.3) is 0 Å². The fourth-order valence-corrected chi connectivity index (χ4v) is 0. The van der Waals surface area contributed by atoms with Crippen molar-refractivity contribution in [1.82, 2.24) is 0 Å². The topological polar surface area (TPSA) is 51.7 Å². The molecule has 0 saturated carbocycles. The van der Waals surface area contributed by atoms with Crippen molar-refractivity contribution in [2.75, 3.05) is 6.61 Å². The van der Waals surface area contributed by atoms with Gasteiger partial charge in [0.2, 0.25) is 0 Å². The second-order valence-corrected chi connectivity index (χ2v) is 0.773. The van der Waals surface area contributed by atoms with Crippen molar-refractivity contribution in [2.45, 2.75) is 6.18 Å². The predicted molar refractivity (Wildman–Crippen MR) is 16.8 cm³/mol. The quantitative estimate of drug-likeness (QED) is 0.467. The maximum Gasteiger partial charge on any atom is 0.411 e. The average Bonchev–Trinajstić information content (AvgIpc) is 1.35. The van der Waals surface area contributed by atoms with Crippen LogP contribution < -0.4 is 0 Å². The summed E-state index contributed by atoms with van der Waals surface area (Å²) < 4.78 is 31.6. The summed E-state index contributed by atoms with van der Waals surface area (Å²) in [5.41, 5.74) is 0. The Labute approximate surface area is 37.9 Å². The predicted octanol–water partition coefficient (Wildman–Crippen LogP) is -0.284. The zero-order chi connectivity index (χ0) is 5.21. The number of alkyl halides is 3. The molecule has 0 aromatic heterocycles. The standard InChI is InChI=1S/C2H3F3O.H2O/c3-2(4,5)1-6;/h6H,1H2;1H2. The summed E-state index contributed by atoms with van der Waals surface area (Å²) in [5.74, 6) is 0. The van der Waals surface area contributed by atoms with Crippen LogP contribution in [-0.4, -0.2) is 23.4 Å². The largest absolute Gasteiger partial charge is 0.412 e. The molecule has 0 rings (SSSR count). The lowest BCUT2D eigenvalue weighted by Gasteiger charge is -1.95. The van der Waals surface area contributed by atoms with Gasteiger partial charge in [0.15, 0.2) is 0 Å². The van der Waals surface area contributed by atoms with Crippen LogP contribution in [0.4, 0.5) is 13.2 Å². The fraction of sp³-hybridized carbons (Fsp3) is 1.00. The maximum atomic E-state index is 10.5. The van der Waals surface area contributed by atoms with Crippen LogP contribution >= 0.6 is 0 Å². The third-order valence-electron chi connectivity index (χ3n) is 0.179. The van der Waals surface area contributed by atoms with Crippen LogP contribution in [-0.2, 0) is 0 Å². The van der Waals surface area contributed by atoms with Gasteiger partial charge < -0.3 is 10.6 Å². The minimum Gasteiger partial charge on any atom is -0.412 e. The maximum absolute atomic E-state index is 10.5. The number of halogens is 3. The second-order valence-electron chi connectivity index (χ2n) is 0.773. The molecular formula is C2H5F3O2. The summed E-state index contributed by atoms with van der Waals surface area (Å²) in [6.07, 6.45) is -4.40. The summed E-state index contributed by atoms with van der Waals surface area (Å²) in [6.45, 7) is -1.73. The van der Waals surface area contributed by atoms with E-state index < -0.39 is 12.8 Å². The molecule has 7 heavy (non-hydrogen) atoms. The SMILES string of the molecule is O.OCC(F)(F)F. The Hall–Kier alpha value is -0.290. The van der Waals surface area contributed by atoms with Crippen molar-refractivity contribution in [3.8, 4) is 0 Å². The summed E-state index contributed by atoms with van der Waals surface area (Å²) in [5, 5.41) is 7.28.